The molecule has 1 unspecified atom stereocenters. The molecule has 1 atom stereocenters. The molecule has 1 aliphatic carbocycles. The highest BCUT2D eigenvalue weighted by Gasteiger charge is 2.37. The summed E-state index contributed by atoms with van der Waals surface area (Å²) in [5, 5.41) is 11.1. The summed E-state index contributed by atoms with van der Waals surface area (Å²) in [6.07, 6.45) is -5.87. The van der Waals surface area contributed by atoms with E-state index in [9.17, 15) is 27.6 Å². The lowest BCUT2D eigenvalue weighted by atomic mass is 9.98. The Morgan fingerprint density at radius 2 is 1.62 bits per heavy atom. The predicted octanol–water partition coefficient (Wildman–Crippen LogP) is 3.02. The molecule has 8 nitrogen and oxygen atoms in total. The maximum atomic E-state index is 12.8. The second-order valence-electron chi connectivity index (χ2n) is 7.68. The van der Waals surface area contributed by atoms with Gasteiger partial charge in [0, 0.05) is 13.0 Å². The van der Waals surface area contributed by atoms with Crippen LogP contribution in [0.3, 0.4) is 0 Å². The number of rotatable bonds is 9. The number of alkyl carbamates (subject to hydrolysis) is 1. The quantitative estimate of drug-likeness (QED) is 0.572. The molecule has 0 saturated carbocycles. The zero-order valence-electron chi connectivity index (χ0n) is 18.2. The summed E-state index contributed by atoms with van der Waals surface area (Å²) in [6, 6.07) is 13.7. The molecule has 1 aliphatic rings. The largest absolute Gasteiger partial charge is 0.480 e. The van der Waals surface area contributed by atoms with Gasteiger partial charge in [0.15, 0.2) is 0 Å². The van der Waals surface area contributed by atoms with Gasteiger partial charge >= 0.3 is 18.2 Å². The van der Waals surface area contributed by atoms with Crippen molar-refractivity contribution in [3.63, 3.8) is 0 Å². The van der Waals surface area contributed by atoms with Crippen molar-refractivity contribution in [3.8, 4) is 11.1 Å². The Labute approximate surface area is 193 Å². The lowest BCUT2D eigenvalue weighted by molar-refractivity contribution is -0.167. The summed E-state index contributed by atoms with van der Waals surface area (Å²) in [5.74, 6) is -3.14. The number of nitrogens with one attached hydrogen (secondary N) is 1. The monoisotopic (exact) mass is 480 g/mol. The molecular weight excluding hydrogens is 457 g/mol. The average Bonchev–Trinajstić information content (AvgIpc) is 3.09. The summed E-state index contributed by atoms with van der Waals surface area (Å²) < 4.78 is 48.7. The Bertz CT molecular complexity index is 1010. The number of benzene rings is 2. The third kappa shape index (κ3) is 6.04. The number of carbonyl (C=O) groups is 3. The van der Waals surface area contributed by atoms with Gasteiger partial charge in [-0.15, -0.1) is 0 Å². The Hall–Kier alpha value is -3.60. The molecule has 0 aromatic heterocycles. The van der Waals surface area contributed by atoms with Crippen LogP contribution in [0.4, 0.5) is 18.0 Å². The Balaban J connectivity index is 1.69. The lowest BCUT2D eigenvalue weighted by Gasteiger charge is -2.27. The molecule has 0 spiro atoms. The number of halogens is 3. The number of nitrogens with zero attached hydrogens (tertiary/aromatic N) is 1. The first kappa shape index (κ1) is 25.0. The molecule has 0 heterocycles. The first-order chi connectivity index (χ1) is 16.1. The second kappa shape index (κ2) is 10.6. The summed E-state index contributed by atoms with van der Waals surface area (Å²) in [6.45, 7) is -3.53. The molecule has 2 N–H and O–H groups in total. The van der Waals surface area contributed by atoms with E-state index in [1.54, 1.807) is 0 Å². The van der Waals surface area contributed by atoms with E-state index in [4.69, 9.17) is 14.6 Å². The van der Waals surface area contributed by atoms with Crippen LogP contribution in [0.25, 0.3) is 11.1 Å². The van der Waals surface area contributed by atoms with Gasteiger partial charge < -0.3 is 24.8 Å². The van der Waals surface area contributed by atoms with Crippen LogP contribution in [-0.4, -0.2) is 73.6 Å². The number of alkyl halides is 3. The smallest absolute Gasteiger partial charge is 0.407 e. The van der Waals surface area contributed by atoms with Crippen molar-refractivity contribution in [2.24, 2.45) is 0 Å². The highest BCUT2D eigenvalue weighted by molar-refractivity contribution is 5.88. The lowest BCUT2D eigenvalue weighted by Crippen LogP contribution is -2.54. The van der Waals surface area contributed by atoms with Crippen LogP contribution in [0, 0.1) is 0 Å². The maximum absolute atomic E-state index is 12.8. The van der Waals surface area contributed by atoms with Crippen LogP contribution in [-0.2, 0) is 19.1 Å². The van der Waals surface area contributed by atoms with E-state index in [0.29, 0.717) is 0 Å². The van der Waals surface area contributed by atoms with E-state index in [-0.39, 0.29) is 17.4 Å². The van der Waals surface area contributed by atoms with E-state index in [2.05, 4.69) is 5.32 Å². The van der Waals surface area contributed by atoms with Crippen LogP contribution in [0.1, 0.15) is 17.0 Å². The van der Waals surface area contributed by atoms with Crippen molar-refractivity contribution in [1.29, 1.82) is 0 Å². The van der Waals surface area contributed by atoms with Crippen LogP contribution in [0.5, 0.6) is 0 Å². The fourth-order valence-electron chi connectivity index (χ4n) is 3.94. The molecule has 0 saturated heterocycles. The van der Waals surface area contributed by atoms with E-state index in [0.717, 1.165) is 22.3 Å². The zero-order valence-corrected chi connectivity index (χ0v) is 18.2. The van der Waals surface area contributed by atoms with Gasteiger partial charge in [-0.2, -0.15) is 13.2 Å². The number of methoxy groups -OCH3 is 1. The van der Waals surface area contributed by atoms with Gasteiger partial charge in [-0.1, -0.05) is 48.5 Å². The van der Waals surface area contributed by atoms with Crippen LogP contribution in [0.15, 0.2) is 48.5 Å². The Morgan fingerprint density at radius 1 is 1.06 bits per heavy atom. The van der Waals surface area contributed by atoms with Crippen LogP contribution in [0.2, 0.25) is 0 Å². The number of aliphatic carboxylic acids is 1. The topological polar surface area (TPSA) is 105 Å². The highest BCUT2D eigenvalue weighted by atomic mass is 19.4. The minimum atomic E-state index is -4.83. The molecule has 2 amide bonds. The Kier molecular flexibility index (Phi) is 7.77. The standard InChI is InChI=1S/C23H23F3N2O6/c1-33-12-19(21(31)28(10-20(29)30)13-23(24,25)26)27-22(32)34-11-18-16-8-4-2-6-14(16)15-7-3-5-9-17(15)18/h2-9,18-19H,10-13H2,1H3,(H,27,32)(H,29,30). The third-order valence-electron chi connectivity index (χ3n) is 5.28. The maximum Gasteiger partial charge on any atom is 0.407 e. The van der Waals surface area contributed by atoms with Gasteiger partial charge in [0.2, 0.25) is 5.91 Å². The van der Waals surface area contributed by atoms with Gasteiger partial charge in [-0.25, -0.2) is 4.79 Å². The van der Waals surface area contributed by atoms with Crippen LogP contribution < -0.4 is 5.32 Å². The van der Waals surface area contributed by atoms with Crippen molar-refractivity contribution in [1.82, 2.24) is 10.2 Å². The van der Waals surface area contributed by atoms with Gasteiger partial charge in [0.1, 0.15) is 25.7 Å². The molecule has 0 bridgehead atoms. The zero-order chi connectivity index (χ0) is 24.9. The number of carbonyl (C=O) groups excluding carboxylic acids is 2. The number of hydrogen-bond donors (Lipinski definition) is 2. The normalized spacial score (nSPS) is 13.5. The van der Waals surface area contributed by atoms with Gasteiger partial charge in [-0.05, 0) is 22.3 Å². The van der Waals surface area contributed by atoms with Gasteiger partial charge in [0.25, 0.3) is 0 Å². The molecule has 34 heavy (non-hydrogen) atoms. The predicted molar refractivity (Wildman–Crippen MR) is 114 cm³/mol. The van der Waals surface area contributed by atoms with E-state index in [1.807, 2.05) is 48.5 Å². The number of hydrogen-bond acceptors (Lipinski definition) is 5. The molecular formula is C23H23F3N2O6. The second-order valence-corrected chi connectivity index (χ2v) is 7.68. The number of carboxylic acids is 1. The molecule has 0 aliphatic heterocycles. The third-order valence-corrected chi connectivity index (χ3v) is 5.28. The Morgan fingerprint density at radius 3 is 2.12 bits per heavy atom. The van der Waals surface area contributed by atoms with Gasteiger partial charge in [-0.3, -0.25) is 9.59 Å². The average molecular weight is 480 g/mol. The molecule has 3 rings (SSSR count). The summed E-state index contributed by atoms with van der Waals surface area (Å²) >= 11 is 0. The summed E-state index contributed by atoms with van der Waals surface area (Å²) in [7, 11) is 1.19. The first-order valence-electron chi connectivity index (χ1n) is 10.3. The van der Waals surface area contributed by atoms with E-state index in [1.165, 1.54) is 7.11 Å². The van der Waals surface area contributed by atoms with Crippen molar-refractivity contribution in [2.45, 2.75) is 18.1 Å². The molecule has 2 aromatic carbocycles. The fraction of sp³-hybridized carbons (Fsp3) is 0.348. The number of carboxylic acid groups (broad SMARTS) is 1. The molecule has 2 aromatic rings. The number of ether oxygens (including phenoxy) is 2. The van der Waals surface area contributed by atoms with Crippen molar-refractivity contribution in [3.05, 3.63) is 59.7 Å². The SMILES string of the molecule is COCC(NC(=O)OCC1c2ccccc2-c2ccccc21)C(=O)N(CC(=O)O)CC(F)(F)F. The van der Waals surface area contributed by atoms with Crippen molar-refractivity contribution >= 4 is 18.0 Å². The fourth-order valence-corrected chi connectivity index (χ4v) is 3.94. The number of amides is 2. The molecule has 0 fully saturated rings. The summed E-state index contributed by atoms with van der Waals surface area (Å²) in [4.78, 5) is 36.1. The van der Waals surface area contributed by atoms with Gasteiger partial charge in [0.05, 0.1) is 6.61 Å². The molecule has 182 valence electrons. The summed E-state index contributed by atoms with van der Waals surface area (Å²) in [5.41, 5.74) is 3.93. The molecule has 0 radical (unpaired) electrons. The van der Waals surface area contributed by atoms with E-state index >= 15 is 0 Å². The minimum Gasteiger partial charge on any atom is -0.480 e. The van der Waals surface area contributed by atoms with Crippen molar-refractivity contribution in [2.75, 3.05) is 33.4 Å². The highest BCUT2D eigenvalue weighted by Crippen LogP contribution is 2.44. The minimum absolute atomic E-state index is 0.0743. The number of fused-ring (bicyclic) bond motifs is 3. The molecule has 11 heteroatoms. The van der Waals surface area contributed by atoms with Crippen LogP contribution >= 0.6 is 0 Å². The first-order valence-corrected chi connectivity index (χ1v) is 10.3. The van der Waals surface area contributed by atoms with Crippen molar-refractivity contribution < 1.29 is 42.1 Å². The van der Waals surface area contributed by atoms with E-state index < -0.39 is 49.9 Å².